The largest absolute Gasteiger partial charge is 0.454 e. The molecule has 2 aromatic rings. The number of thiocarbonyl (C=S) groups is 1. The van der Waals surface area contributed by atoms with Crippen LogP contribution in [-0.2, 0) is 6.54 Å². The average molecular weight is 375 g/mol. The van der Waals surface area contributed by atoms with Crippen molar-refractivity contribution in [1.29, 1.82) is 0 Å². The van der Waals surface area contributed by atoms with Gasteiger partial charge in [0.25, 0.3) is 5.69 Å². The van der Waals surface area contributed by atoms with Crippen LogP contribution in [-0.4, -0.2) is 28.5 Å². The first-order valence-electron chi connectivity index (χ1n) is 7.85. The molecule has 26 heavy (non-hydrogen) atoms. The van der Waals surface area contributed by atoms with Gasteiger partial charge in [0.15, 0.2) is 16.6 Å². The number of rotatable bonds is 6. The number of nitro groups is 1. The fraction of sp³-hybridized carbons (Fsp3) is 0.235. The monoisotopic (exact) mass is 375 g/mol. The maximum absolute atomic E-state index is 10.6. The van der Waals surface area contributed by atoms with Crippen molar-refractivity contribution >= 4 is 23.0 Å². The van der Waals surface area contributed by atoms with E-state index in [0.717, 1.165) is 11.3 Å². The molecule has 1 unspecified atom stereocenters. The Labute approximate surface area is 154 Å². The van der Waals surface area contributed by atoms with E-state index >= 15 is 0 Å². The van der Waals surface area contributed by atoms with Crippen molar-refractivity contribution < 1.29 is 19.5 Å². The van der Waals surface area contributed by atoms with Gasteiger partial charge >= 0.3 is 0 Å². The van der Waals surface area contributed by atoms with Crippen LogP contribution in [0, 0.1) is 10.1 Å². The Morgan fingerprint density at radius 1 is 1.19 bits per heavy atom. The summed E-state index contributed by atoms with van der Waals surface area (Å²) >= 11 is 5.20. The highest BCUT2D eigenvalue weighted by atomic mass is 32.1. The second-order valence-corrected chi connectivity index (χ2v) is 6.02. The third kappa shape index (κ3) is 4.38. The fourth-order valence-electron chi connectivity index (χ4n) is 2.42. The second kappa shape index (κ2) is 7.98. The maximum atomic E-state index is 10.6. The lowest BCUT2D eigenvalue weighted by Crippen LogP contribution is -2.37. The first-order valence-corrected chi connectivity index (χ1v) is 8.26. The SMILES string of the molecule is O=[N+]([O-])c1ccc(C(O)CNC(=S)NCc2ccc3c(c2)OCO3)cc1. The molecule has 0 aliphatic carbocycles. The summed E-state index contributed by atoms with van der Waals surface area (Å²) in [5.74, 6) is 1.43. The highest BCUT2D eigenvalue weighted by Crippen LogP contribution is 2.32. The molecule has 8 nitrogen and oxygen atoms in total. The molecule has 1 aliphatic heterocycles. The average Bonchev–Trinajstić information content (AvgIpc) is 3.12. The van der Waals surface area contributed by atoms with E-state index < -0.39 is 11.0 Å². The predicted octanol–water partition coefficient (Wildman–Crippen LogP) is 2.02. The Kier molecular flexibility index (Phi) is 5.49. The predicted molar refractivity (Wildman–Crippen MR) is 98.1 cm³/mol. The third-order valence-electron chi connectivity index (χ3n) is 3.83. The minimum Gasteiger partial charge on any atom is -0.454 e. The van der Waals surface area contributed by atoms with Crippen molar-refractivity contribution in [2.24, 2.45) is 0 Å². The molecule has 0 spiro atoms. The van der Waals surface area contributed by atoms with Crippen LogP contribution in [0.5, 0.6) is 11.5 Å². The number of hydrogen-bond acceptors (Lipinski definition) is 6. The van der Waals surface area contributed by atoms with Crippen molar-refractivity contribution in [1.82, 2.24) is 10.6 Å². The van der Waals surface area contributed by atoms with Crippen LogP contribution in [0.1, 0.15) is 17.2 Å². The van der Waals surface area contributed by atoms with Crippen LogP contribution in [0.25, 0.3) is 0 Å². The summed E-state index contributed by atoms with van der Waals surface area (Å²) in [6.07, 6.45) is -0.832. The zero-order valence-electron chi connectivity index (χ0n) is 13.7. The summed E-state index contributed by atoms with van der Waals surface area (Å²) in [7, 11) is 0. The van der Waals surface area contributed by atoms with Gasteiger partial charge in [-0.1, -0.05) is 6.07 Å². The van der Waals surface area contributed by atoms with Gasteiger partial charge in [-0.05, 0) is 47.6 Å². The molecule has 0 radical (unpaired) electrons. The molecule has 1 atom stereocenters. The van der Waals surface area contributed by atoms with Crippen LogP contribution in [0.3, 0.4) is 0 Å². The van der Waals surface area contributed by atoms with Crippen LogP contribution in [0.4, 0.5) is 5.69 Å². The number of non-ortho nitro benzene ring substituents is 1. The van der Waals surface area contributed by atoms with E-state index in [1.54, 1.807) is 0 Å². The second-order valence-electron chi connectivity index (χ2n) is 5.62. The lowest BCUT2D eigenvalue weighted by atomic mass is 10.1. The molecule has 0 bridgehead atoms. The first-order chi connectivity index (χ1) is 12.5. The van der Waals surface area contributed by atoms with Crippen LogP contribution >= 0.6 is 12.2 Å². The quantitative estimate of drug-likeness (QED) is 0.400. The van der Waals surface area contributed by atoms with Gasteiger partial charge in [-0.2, -0.15) is 0 Å². The third-order valence-corrected chi connectivity index (χ3v) is 4.12. The van der Waals surface area contributed by atoms with Crippen molar-refractivity contribution in [2.75, 3.05) is 13.3 Å². The molecule has 0 amide bonds. The molecular weight excluding hydrogens is 358 g/mol. The molecular formula is C17H17N3O5S. The van der Waals surface area contributed by atoms with E-state index in [1.807, 2.05) is 18.2 Å². The highest BCUT2D eigenvalue weighted by Gasteiger charge is 2.14. The molecule has 0 aromatic heterocycles. The van der Waals surface area contributed by atoms with Crippen molar-refractivity contribution in [2.45, 2.75) is 12.6 Å². The Balaban J connectivity index is 1.45. The summed E-state index contributed by atoms with van der Waals surface area (Å²) in [5.41, 5.74) is 1.53. The molecule has 3 N–H and O–H groups in total. The van der Waals surface area contributed by atoms with Crippen LogP contribution in [0.2, 0.25) is 0 Å². The minimum absolute atomic E-state index is 0.0187. The normalized spacial score (nSPS) is 13.1. The van der Waals surface area contributed by atoms with E-state index in [0.29, 0.717) is 23.0 Å². The number of fused-ring (bicyclic) bond motifs is 1. The number of aliphatic hydroxyl groups excluding tert-OH is 1. The standard InChI is InChI=1S/C17H17N3O5S/c21-14(12-2-4-13(5-3-12)20(22)23)9-19-17(26)18-8-11-1-6-15-16(7-11)25-10-24-15/h1-7,14,21H,8-10H2,(H2,18,19,26). The molecule has 0 saturated heterocycles. The summed E-state index contributed by atoms with van der Waals surface area (Å²) in [6, 6.07) is 11.4. The maximum Gasteiger partial charge on any atom is 0.269 e. The summed E-state index contributed by atoms with van der Waals surface area (Å²) < 4.78 is 10.6. The molecule has 0 saturated carbocycles. The van der Waals surface area contributed by atoms with Gasteiger partial charge in [0.05, 0.1) is 11.0 Å². The molecule has 9 heteroatoms. The zero-order chi connectivity index (χ0) is 18.5. The Bertz CT molecular complexity index is 813. The number of hydrogen-bond donors (Lipinski definition) is 3. The van der Waals surface area contributed by atoms with Crippen LogP contribution in [0.15, 0.2) is 42.5 Å². The van der Waals surface area contributed by atoms with E-state index in [1.165, 1.54) is 24.3 Å². The topological polar surface area (TPSA) is 106 Å². The van der Waals surface area contributed by atoms with Gasteiger partial charge in [0.1, 0.15) is 0 Å². The lowest BCUT2D eigenvalue weighted by molar-refractivity contribution is -0.384. The highest BCUT2D eigenvalue weighted by molar-refractivity contribution is 7.80. The molecule has 136 valence electrons. The van der Waals surface area contributed by atoms with Crippen LogP contribution < -0.4 is 20.1 Å². The molecule has 2 aromatic carbocycles. The molecule has 1 heterocycles. The van der Waals surface area contributed by atoms with E-state index in [-0.39, 0.29) is 19.0 Å². The van der Waals surface area contributed by atoms with Crippen molar-refractivity contribution in [3.8, 4) is 11.5 Å². The number of nitro benzene ring substituents is 1. The van der Waals surface area contributed by atoms with E-state index in [9.17, 15) is 15.2 Å². The summed E-state index contributed by atoms with van der Waals surface area (Å²) in [4.78, 5) is 10.2. The van der Waals surface area contributed by atoms with Crippen molar-refractivity contribution in [3.63, 3.8) is 0 Å². The van der Waals surface area contributed by atoms with Gasteiger partial charge < -0.3 is 25.2 Å². The van der Waals surface area contributed by atoms with Gasteiger partial charge in [-0.3, -0.25) is 10.1 Å². The lowest BCUT2D eigenvalue weighted by Gasteiger charge is -2.15. The summed E-state index contributed by atoms with van der Waals surface area (Å²) in [5, 5.41) is 27.1. The number of benzene rings is 2. The van der Waals surface area contributed by atoms with E-state index in [2.05, 4.69) is 10.6 Å². The Morgan fingerprint density at radius 2 is 1.92 bits per heavy atom. The van der Waals surface area contributed by atoms with Gasteiger partial charge in [-0.15, -0.1) is 0 Å². The van der Waals surface area contributed by atoms with Crippen molar-refractivity contribution in [3.05, 3.63) is 63.7 Å². The number of nitrogens with zero attached hydrogens (tertiary/aromatic N) is 1. The number of aliphatic hydroxyl groups is 1. The molecule has 1 aliphatic rings. The Morgan fingerprint density at radius 3 is 2.65 bits per heavy atom. The zero-order valence-corrected chi connectivity index (χ0v) is 14.5. The van der Waals surface area contributed by atoms with E-state index in [4.69, 9.17) is 21.7 Å². The van der Waals surface area contributed by atoms with Gasteiger partial charge in [0.2, 0.25) is 6.79 Å². The Hall–Kier alpha value is -2.91. The number of nitrogens with one attached hydrogen (secondary N) is 2. The minimum atomic E-state index is -0.832. The molecule has 0 fully saturated rings. The fourth-order valence-corrected chi connectivity index (χ4v) is 2.58. The van der Waals surface area contributed by atoms with Gasteiger partial charge in [-0.25, -0.2) is 0 Å². The van der Waals surface area contributed by atoms with Gasteiger partial charge in [0, 0.05) is 25.2 Å². The number of ether oxygens (including phenoxy) is 2. The summed E-state index contributed by atoms with van der Waals surface area (Å²) in [6.45, 7) is 0.910. The smallest absolute Gasteiger partial charge is 0.269 e. The molecule has 3 rings (SSSR count). The first kappa shape index (κ1) is 17.9.